The molecule has 0 saturated carbocycles. The van der Waals surface area contributed by atoms with Crippen molar-refractivity contribution in [1.29, 1.82) is 0 Å². The molecule has 7 heterocycles. The van der Waals surface area contributed by atoms with Crippen LogP contribution in [-0.4, -0.2) is 73.4 Å². The molecule has 2 atom stereocenters. The summed E-state index contributed by atoms with van der Waals surface area (Å²) in [6.07, 6.45) is 8.64. The predicted molar refractivity (Wildman–Crippen MR) is 234 cm³/mol. The third-order valence-corrected chi connectivity index (χ3v) is 13.9. The normalized spacial score (nSPS) is 22.1. The molecule has 0 amide bonds. The number of anilines is 2. The molecule has 0 radical (unpaired) electrons. The van der Waals surface area contributed by atoms with Crippen molar-refractivity contribution in [1.82, 2.24) is 34.1 Å². The minimum absolute atomic E-state index is 0.0497. The Bertz CT molecular complexity index is 2390. The van der Waals surface area contributed by atoms with E-state index in [1.54, 1.807) is 0 Å². The average molecular weight is 800 g/mol. The van der Waals surface area contributed by atoms with E-state index in [9.17, 15) is 8.78 Å². The van der Waals surface area contributed by atoms with Crippen LogP contribution in [0.2, 0.25) is 0 Å². The van der Waals surface area contributed by atoms with Crippen LogP contribution in [-0.2, 0) is 26.6 Å². The first-order valence-electron chi connectivity index (χ1n) is 21.6. The summed E-state index contributed by atoms with van der Waals surface area (Å²) in [6.45, 7) is 25.5. The van der Waals surface area contributed by atoms with E-state index in [-0.39, 0.29) is 11.3 Å². The van der Waals surface area contributed by atoms with Gasteiger partial charge in [-0.3, -0.25) is 14.6 Å². The van der Waals surface area contributed by atoms with Crippen LogP contribution in [0.3, 0.4) is 0 Å². The summed E-state index contributed by atoms with van der Waals surface area (Å²) in [7, 11) is 2.03. The summed E-state index contributed by atoms with van der Waals surface area (Å²) >= 11 is 0. The maximum absolute atomic E-state index is 14.1. The standard InChI is InChI=1S/C48H59F2N9/c1-31-10-8-9-11-44-40(24-51-55(44)7)43-20-36(18-32(2)52-43)33(3)53-46-54-42-13-12-35(19-45(42)59(46)25-31)26-56-16-14-48(15-17-56)29-58(30-48)34(4)41-27-57(28-47(41,5)6)39-22-37(49)21-38(50)23-39/h12-13,18-24,31,41H,3-4,8-11,14-17,25-30H2,1-2,5-7H3,(H,53,54)/t31-,41?/m1/s1. The maximum Gasteiger partial charge on any atom is 0.208 e. The monoisotopic (exact) mass is 799 g/mol. The van der Waals surface area contributed by atoms with Gasteiger partial charge in [0.1, 0.15) is 11.6 Å². The number of rotatable bonds is 5. The third-order valence-electron chi connectivity index (χ3n) is 13.9. The van der Waals surface area contributed by atoms with Crippen LogP contribution in [0, 0.1) is 41.2 Å². The van der Waals surface area contributed by atoms with E-state index in [1.165, 1.54) is 41.9 Å². The molecule has 9 nitrogen and oxygen atoms in total. The van der Waals surface area contributed by atoms with E-state index in [0.717, 1.165) is 129 Å². The Labute approximate surface area is 347 Å². The summed E-state index contributed by atoms with van der Waals surface area (Å²) in [5, 5.41) is 8.24. The SMILES string of the molecule is C=C1Nc2nc3ccc(CN4CCC5(CC4)CN(C(=C)C4CN(c6cc(F)cc(F)c6)CC4(C)C)C5)cc3n2C[C@H](C)CCCCc2c(cnn2C)-c2cc1cc(C)n2. The van der Waals surface area contributed by atoms with Gasteiger partial charge in [-0.1, -0.05) is 46.4 Å². The van der Waals surface area contributed by atoms with E-state index in [1.807, 2.05) is 24.9 Å². The van der Waals surface area contributed by atoms with Gasteiger partial charge in [-0.25, -0.2) is 13.8 Å². The second kappa shape index (κ2) is 15.2. The lowest BCUT2D eigenvalue weighted by atomic mass is 9.70. The quantitative estimate of drug-likeness (QED) is 0.190. The fourth-order valence-corrected chi connectivity index (χ4v) is 10.5. The molecule has 3 saturated heterocycles. The number of aryl methyl sites for hydroxylation is 2. The summed E-state index contributed by atoms with van der Waals surface area (Å²) in [4.78, 5) is 17.3. The van der Waals surface area contributed by atoms with Crippen molar-refractivity contribution in [3.63, 3.8) is 0 Å². The van der Waals surface area contributed by atoms with E-state index < -0.39 is 11.6 Å². The van der Waals surface area contributed by atoms with E-state index in [2.05, 4.69) is 93.9 Å². The molecule has 9 rings (SSSR count). The van der Waals surface area contributed by atoms with E-state index in [4.69, 9.17) is 9.97 Å². The molecule has 310 valence electrons. The zero-order chi connectivity index (χ0) is 41.2. The highest BCUT2D eigenvalue weighted by Crippen LogP contribution is 2.48. The van der Waals surface area contributed by atoms with Gasteiger partial charge in [0.2, 0.25) is 5.95 Å². The first-order valence-corrected chi connectivity index (χ1v) is 21.6. The number of hydrogen-bond donors (Lipinski definition) is 1. The van der Waals surface area contributed by atoms with Gasteiger partial charge in [0, 0.05) is 103 Å². The number of benzene rings is 2. The lowest BCUT2D eigenvalue weighted by molar-refractivity contribution is -0.0361. The highest BCUT2D eigenvalue weighted by Gasteiger charge is 2.49. The van der Waals surface area contributed by atoms with E-state index >= 15 is 0 Å². The van der Waals surface area contributed by atoms with Crippen LogP contribution in [0.25, 0.3) is 28.0 Å². The molecule has 2 bridgehead atoms. The van der Waals surface area contributed by atoms with Crippen LogP contribution in [0.4, 0.5) is 20.4 Å². The molecule has 0 aliphatic carbocycles. The van der Waals surface area contributed by atoms with Crippen LogP contribution < -0.4 is 10.2 Å². The summed E-state index contributed by atoms with van der Waals surface area (Å²) in [6, 6.07) is 14.8. The van der Waals surface area contributed by atoms with Gasteiger partial charge in [0.25, 0.3) is 0 Å². The highest BCUT2D eigenvalue weighted by molar-refractivity contribution is 5.83. The average Bonchev–Trinajstić information content (AvgIpc) is 3.82. The van der Waals surface area contributed by atoms with Crippen molar-refractivity contribution in [2.45, 2.75) is 79.3 Å². The number of imidazole rings is 1. The minimum atomic E-state index is -0.533. The van der Waals surface area contributed by atoms with Gasteiger partial charge in [-0.2, -0.15) is 5.10 Å². The number of halogens is 2. The van der Waals surface area contributed by atoms with Crippen molar-refractivity contribution in [3.8, 4) is 11.3 Å². The molecule has 5 aromatic rings. The number of nitrogens with zero attached hydrogens (tertiary/aromatic N) is 8. The highest BCUT2D eigenvalue weighted by atomic mass is 19.1. The van der Waals surface area contributed by atoms with Crippen LogP contribution in [0.1, 0.15) is 75.4 Å². The molecule has 3 fully saturated rings. The predicted octanol–water partition coefficient (Wildman–Crippen LogP) is 9.44. The Kier molecular flexibility index (Phi) is 10.2. The Hall–Kier alpha value is -5.03. The van der Waals surface area contributed by atoms with Gasteiger partial charge in [-0.05, 0) is 105 Å². The summed E-state index contributed by atoms with van der Waals surface area (Å²) in [5.41, 5.74) is 11.5. The molecule has 1 unspecified atom stereocenters. The van der Waals surface area contributed by atoms with Gasteiger partial charge >= 0.3 is 0 Å². The molecular weight excluding hydrogens is 741 g/mol. The Morgan fingerprint density at radius 2 is 1.71 bits per heavy atom. The van der Waals surface area contributed by atoms with Crippen molar-refractivity contribution >= 4 is 28.4 Å². The summed E-state index contributed by atoms with van der Waals surface area (Å²) in [5.74, 6) is 0.461. The largest absolute Gasteiger partial charge is 0.374 e. The Morgan fingerprint density at radius 1 is 0.949 bits per heavy atom. The molecular formula is C48H59F2N9. The molecule has 11 heteroatoms. The second-order valence-corrected chi connectivity index (χ2v) is 19.0. The zero-order valence-electron chi connectivity index (χ0n) is 35.5. The topological polar surface area (TPSA) is 70.3 Å². The van der Waals surface area contributed by atoms with Gasteiger partial charge in [0.15, 0.2) is 0 Å². The molecule has 59 heavy (non-hydrogen) atoms. The van der Waals surface area contributed by atoms with Gasteiger partial charge in [0.05, 0.1) is 22.9 Å². The first-order chi connectivity index (χ1) is 28.2. The lowest BCUT2D eigenvalue weighted by Crippen LogP contribution is -2.60. The lowest BCUT2D eigenvalue weighted by Gasteiger charge is -2.56. The van der Waals surface area contributed by atoms with Crippen LogP contribution in [0.15, 0.2) is 73.6 Å². The number of fused-ring (bicyclic) bond motifs is 7. The Morgan fingerprint density at radius 3 is 2.47 bits per heavy atom. The summed E-state index contributed by atoms with van der Waals surface area (Å²) < 4.78 is 32.5. The molecule has 3 aromatic heterocycles. The van der Waals surface area contributed by atoms with Crippen LogP contribution in [0.5, 0.6) is 0 Å². The van der Waals surface area contributed by atoms with Crippen molar-refractivity contribution in [2.24, 2.45) is 29.7 Å². The number of hydrogen-bond acceptors (Lipinski definition) is 7. The fraction of sp³-hybridized carbons (Fsp3) is 0.479. The van der Waals surface area contributed by atoms with Gasteiger partial charge < -0.3 is 19.7 Å². The number of nitrogens with one attached hydrogen (secondary N) is 1. The minimum Gasteiger partial charge on any atom is -0.374 e. The number of piperidine rings is 1. The molecule has 1 spiro atoms. The number of likely N-dealkylation sites (tertiary alicyclic amines) is 2. The molecule has 2 aromatic carbocycles. The third kappa shape index (κ3) is 7.78. The Balaban J connectivity index is 0.865. The molecule has 4 aliphatic heterocycles. The number of aromatic nitrogens is 5. The van der Waals surface area contributed by atoms with E-state index in [0.29, 0.717) is 17.0 Å². The smallest absolute Gasteiger partial charge is 0.208 e. The van der Waals surface area contributed by atoms with Crippen LogP contribution >= 0.6 is 0 Å². The van der Waals surface area contributed by atoms with Crippen molar-refractivity contribution in [3.05, 3.63) is 108 Å². The zero-order valence-corrected chi connectivity index (χ0v) is 35.5. The van der Waals surface area contributed by atoms with Crippen molar-refractivity contribution < 1.29 is 8.78 Å². The van der Waals surface area contributed by atoms with Gasteiger partial charge in [-0.15, -0.1) is 0 Å². The first kappa shape index (κ1) is 39.4. The fourth-order valence-electron chi connectivity index (χ4n) is 10.5. The molecule has 1 N–H and O–H groups in total. The van der Waals surface area contributed by atoms with Crippen molar-refractivity contribution in [2.75, 3.05) is 49.5 Å². The molecule has 4 aliphatic rings. The number of pyridine rings is 1. The second-order valence-electron chi connectivity index (χ2n) is 19.0. The maximum atomic E-state index is 14.1.